The van der Waals surface area contributed by atoms with Crippen LogP contribution in [0.1, 0.15) is 97.3 Å². The second kappa shape index (κ2) is 15.3. The average molecular weight is 452 g/mol. The fourth-order valence-electron chi connectivity index (χ4n) is 3.56. The summed E-state index contributed by atoms with van der Waals surface area (Å²) < 4.78 is 35.2. The molecule has 172 valence electrons. The summed E-state index contributed by atoms with van der Waals surface area (Å²) in [6.07, 6.45) is 14.5. The summed E-state index contributed by atoms with van der Waals surface area (Å²) in [6, 6.07) is -0.442. The number of carbonyl (C=O) groups is 1. The molecule has 0 aromatic carbocycles. The Kier molecular flexibility index (Phi) is 14.1. The lowest BCUT2D eigenvalue weighted by Crippen LogP contribution is -2.42. The molecule has 1 heterocycles. The number of amides is 1. The molecule has 8 heteroatoms. The number of hydrogen-bond acceptors (Lipinski definition) is 6. The molecule has 1 N–H and O–H groups in total. The van der Waals surface area contributed by atoms with Gasteiger partial charge in [0.15, 0.2) is 0 Å². The van der Waals surface area contributed by atoms with Gasteiger partial charge in [0.1, 0.15) is 5.44 Å². The van der Waals surface area contributed by atoms with Crippen LogP contribution in [0.4, 0.5) is 4.79 Å². The van der Waals surface area contributed by atoms with Crippen LogP contribution in [0.25, 0.3) is 0 Å². The van der Waals surface area contributed by atoms with Crippen LogP contribution in [0.2, 0.25) is 0 Å². The van der Waals surface area contributed by atoms with E-state index < -0.39 is 32.9 Å². The number of alkyl carbamates (subject to hydrolysis) is 1. The summed E-state index contributed by atoms with van der Waals surface area (Å²) in [6.45, 7) is 3.97. The lowest BCUT2D eigenvalue weighted by molar-refractivity contribution is 0.158. The molecular formula is C21H41NO5S2. The summed E-state index contributed by atoms with van der Waals surface area (Å²) in [4.78, 5) is 11.4. The van der Waals surface area contributed by atoms with E-state index in [2.05, 4.69) is 17.0 Å². The van der Waals surface area contributed by atoms with E-state index in [1.807, 2.05) is 0 Å². The molecule has 0 aliphatic carbocycles. The molecule has 0 spiro atoms. The van der Waals surface area contributed by atoms with E-state index in [0.717, 1.165) is 12.8 Å². The summed E-state index contributed by atoms with van der Waals surface area (Å²) in [7, 11) is -2.34. The number of methoxy groups -OCH3 is 1. The van der Waals surface area contributed by atoms with Crippen molar-refractivity contribution in [1.82, 2.24) is 5.32 Å². The molecule has 0 aromatic rings. The maximum absolute atomic E-state index is 12.6. The lowest BCUT2D eigenvalue weighted by atomic mass is 10.0. The van der Waals surface area contributed by atoms with Crippen LogP contribution in [-0.4, -0.2) is 44.1 Å². The van der Waals surface area contributed by atoms with Crippen molar-refractivity contribution in [1.29, 1.82) is 0 Å². The van der Waals surface area contributed by atoms with Gasteiger partial charge in [0.2, 0.25) is 0 Å². The molecule has 3 unspecified atom stereocenters. The number of rotatable bonds is 14. The van der Waals surface area contributed by atoms with Crippen LogP contribution < -0.4 is 5.32 Å². The van der Waals surface area contributed by atoms with Crippen molar-refractivity contribution >= 4 is 28.0 Å². The molecule has 1 aliphatic rings. The van der Waals surface area contributed by atoms with Crippen molar-refractivity contribution in [3.05, 3.63) is 0 Å². The van der Waals surface area contributed by atoms with E-state index in [9.17, 15) is 13.2 Å². The van der Waals surface area contributed by atoms with Crippen molar-refractivity contribution in [3.63, 3.8) is 0 Å². The predicted octanol–water partition coefficient (Wildman–Crippen LogP) is 5.61. The van der Waals surface area contributed by atoms with Gasteiger partial charge in [-0.25, -0.2) is 4.79 Å². The topological polar surface area (TPSA) is 81.7 Å². The summed E-state index contributed by atoms with van der Waals surface area (Å²) in [5, 5.41) is 2.16. The highest BCUT2D eigenvalue weighted by atomic mass is 32.2. The van der Waals surface area contributed by atoms with Crippen LogP contribution >= 0.6 is 11.8 Å². The minimum atomic E-state index is -3.62. The van der Waals surface area contributed by atoms with Gasteiger partial charge >= 0.3 is 6.09 Å². The van der Waals surface area contributed by atoms with Gasteiger partial charge in [0.25, 0.3) is 10.1 Å². The molecule has 1 fully saturated rings. The third-order valence-corrected chi connectivity index (χ3v) is 8.62. The van der Waals surface area contributed by atoms with E-state index in [-0.39, 0.29) is 0 Å². The molecule has 1 rings (SSSR count). The second-order valence-corrected chi connectivity index (χ2v) is 11.0. The van der Waals surface area contributed by atoms with E-state index in [0.29, 0.717) is 18.6 Å². The largest absolute Gasteiger partial charge is 0.453 e. The Labute approximate surface area is 182 Å². The first-order chi connectivity index (χ1) is 13.9. The Hall–Kier alpha value is -0.470. The normalized spacial score (nSPS) is 22.6. The molecule has 1 aliphatic heterocycles. The van der Waals surface area contributed by atoms with Crippen LogP contribution in [0.5, 0.6) is 0 Å². The summed E-state index contributed by atoms with van der Waals surface area (Å²) in [5.41, 5.74) is -0.610. The Morgan fingerprint density at radius 2 is 1.62 bits per heavy atom. The van der Waals surface area contributed by atoms with Crippen molar-refractivity contribution in [2.24, 2.45) is 0 Å². The fraction of sp³-hybridized carbons (Fsp3) is 0.952. The van der Waals surface area contributed by atoms with Gasteiger partial charge in [0, 0.05) is 0 Å². The molecule has 29 heavy (non-hydrogen) atoms. The van der Waals surface area contributed by atoms with Gasteiger partial charge in [-0.05, 0) is 25.5 Å². The lowest BCUT2D eigenvalue weighted by Gasteiger charge is -2.22. The first-order valence-electron chi connectivity index (χ1n) is 11.3. The number of nitrogens with one attached hydrogen (secondary N) is 1. The first-order valence-corrected chi connectivity index (χ1v) is 13.8. The van der Waals surface area contributed by atoms with Gasteiger partial charge in [-0.1, -0.05) is 77.6 Å². The van der Waals surface area contributed by atoms with Gasteiger partial charge in [-0.3, -0.25) is 4.18 Å². The number of hydrogen-bond donors (Lipinski definition) is 1. The standard InChI is InChI=1S/C21H41NO5S2/c1-4-5-6-7-8-9-10-11-12-13-14-15-19-16-17-28-20(27-29(19,24)25)18(2)22-21(23)26-3/h18-20H,4-17H2,1-3H3,(H,22,23). The van der Waals surface area contributed by atoms with Crippen molar-refractivity contribution < 1.29 is 22.1 Å². The number of ether oxygens (including phenoxy) is 1. The number of unbranched alkanes of at least 4 members (excludes halogenated alkanes) is 10. The zero-order valence-electron chi connectivity index (χ0n) is 18.5. The van der Waals surface area contributed by atoms with Crippen molar-refractivity contribution in [2.45, 2.75) is 114 Å². The molecular weight excluding hydrogens is 410 g/mol. The Morgan fingerprint density at radius 1 is 1.07 bits per heavy atom. The van der Waals surface area contributed by atoms with Gasteiger partial charge in [0.05, 0.1) is 18.4 Å². The van der Waals surface area contributed by atoms with E-state index >= 15 is 0 Å². The second-order valence-electron chi connectivity index (χ2n) is 7.99. The van der Waals surface area contributed by atoms with E-state index in [4.69, 9.17) is 4.18 Å². The van der Waals surface area contributed by atoms with Gasteiger partial charge in [-0.2, -0.15) is 8.42 Å². The van der Waals surface area contributed by atoms with Crippen molar-refractivity contribution in [3.8, 4) is 0 Å². The Bertz CT molecular complexity index is 541. The number of thioether (sulfide) groups is 1. The molecule has 0 saturated carbocycles. The van der Waals surface area contributed by atoms with Crippen LogP contribution in [0, 0.1) is 0 Å². The monoisotopic (exact) mass is 451 g/mol. The SMILES string of the molecule is CCCCCCCCCCCCCC1CCSC(C(C)NC(=O)OC)OS1(=O)=O. The Morgan fingerprint density at radius 3 is 2.17 bits per heavy atom. The highest BCUT2D eigenvalue weighted by Gasteiger charge is 2.35. The smallest absolute Gasteiger partial charge is 0.407 e. The zero-order chi connectivity index (χ0) is 21.5. The maximum atomic E-state index is 12.6. The molecule has 1 amide bonds. The van der Waals surface area contributed by atoms with Crippen LogP contribution in [-0.2, 0) is 19.0 Å². The summed E-state index contributed by atoms with van der Waals surface area (Å²) in [5.74, 6) is 0.708. The minimum Gasteiger partial charge on any atom is -0.453 e. The zero-order valence-corrected chi connectivity index (χ0v) is 20.1. The van der Waals surface area contributed by atoms with E-state index in [1.165, 1.54) is 76.7 Å². The predicted molar refractivity (Wildman–Crippen MR) is 121 cm³/mol. The van der Waals surface area contributed by atoms with Crippen molar-refractivity contribution in [2.75, 3.05) is 12.9 Å². The van der Waals surface area contributed by atoms with Gasteiger partial charge in [-0.15, -0.1) is 11.8 Å². The number of carbonyl (C=O) groups excluding carboxylic acids is 1. The fourth-order valence-corrected chi connectivity index (χ4v) is 6.72. The Balaban J connectivity index is 2.22. The molecule has 6 nitrogen and oxygen atoms in total. The third-order valence-electron chi connectivity index (χ3n) is 5.43. The molecule has 0 bridgehead atoms. The molecule has 0 radical (unpaired) electrons. The minimum absolute atomic E-state index is 0.441. The molecule has 0 aromatic heterocycles. The average Bonchev–Trinajstić information content (AvgIpc) is 2.84. The highest BCUT2D eigenvalue weighted by molar-refractivity contribution is 8.00. The van der Waals surface area contributed by atoms with Crippen LogP contribution in [0.15, 0.2) is 0 Å². The quantitative estimate of drug-likeness (QED) is 0.273. The molecule has 3 atom stereocenters. The van der Waals surface area contributed by atoms with E-state index in [1.54, 1.807) is 6.92 Å². The highest BCUT2D eigenvalue weighted by Crippen LogP contribution is 2.30. The third kappa shape index (κ3) is 11.5. The first kappa shape index (κ1) is 26.6. The maximum Gasteiger partial charge on any atom is 0.407 e. The van der Waals surface area contributed by atoms with Gasteiger partial charge < -0.3 is 10.1 Å². The molecule has 1 saturated heterocycles. The van der Waals surface area contributed by atoms with Crippen LogP contribution in [0.3, 0.4) is 0 Å². The summed E-state index contributed by atoms with van der Waals surface area (Å²) >= 11 is 1.44.